The van der Waals surface area contributed by atoms with Crippen LogP contribution in [0.15, 0.2) is 30.3 Å². The third-order valence-electron chi connectivity index (χ3n) is 4.70. The average Bonchev–Trinajstić information content (AvgIpc) is 2.68. The number of hydrogen-bond acceptors (Lipinski definition) is 6. The fourth-order valence-electron chi connectivity index (χ4n) is 3.03. The zero-order chi connectivity index (χ0) is 21.9. The first-order valence-corrected chi connectivity index (χ1v) is 9.76. The molecular weight excluding hydrogens is 376 g/mol. The van der Waals surface area contributed by atoms with Crippen molar-refractivity contribution in [2.24, 2.45) is 5.73 Å². The molecule has 1 saturated carbocycles. The van der Waals surface area contributed by atoms with E-state index < -0.39 is 29.7 Å². The number of aliphatic carboxylic acids is 1. The van der Waals surface area contributed by atoms with E-state index >= 15 is 0 Å². The van der Waals surface area contributed by atoms with Gasteiger partial charge in [0, 0.05) is 6.42 Å². The number of benzene rings is 1. The Morgan fingerprint density at radius 2 is 1.76 bits per heavy atom. The molecular formula is C21H32N2O6. The normalized spacial score (nSPS) is 17.0. The number of carbonyl (C=O) groups is 3. The van der Waals surface area contributed by atoms with Crippen molar-refractivity contribution >= 4 is 18.0 Å². The number of carboxylic acid groups (broad SMARTS) is 1. The Hall–Kier alpha value is -2.61. The van der Waals surface area contributed by atoms with Crippen LogP contribution in [-0.2, 0) is 25.5 Å². The molecule has 1 aromatic rings. The zero-order valence-corrected chi connectivity index (χ0v) is 17.3. The maximum Gasteiger partial charge on any atom is 0.408 e. The monoisotopic (exact) mass is 408 g/mol. The lowest BCUT2D eigenvalue weighted by Gasteiger charge is -2.33. The van der Waals surface area contributed by atoms with E-state index in [1.54, 1.807) is 6.92 Å². The van der Waals surface area contributed by atoms with Crippen LogP contribution >= 0.6 is 0 Å². The number of esters is 1. The second-order valence-corrected chi connectivity index (χ2v) is 7.44. The van der Waals surface area contributed by atoms with Gasteiger partial charge in [-0.15, -0.1) is 0 Å². The zero-order valence-electron chi connectivity index (χ0n) is 17.3. The maximum absolute atomic E-state index is 12.0. The highest BCUT2D eigenvalue weighted by Gasteiger charge is 2.32. The third kappa shape index (κ3) is 9.43. The summed E-state index contributed by atoms with van der Waals surface area (Å²) in [6.07, 6.45) is 4.49. The van der Waals surface area contributed by atoms with Gasteiger partial charge >= 0.3 is 18.0 Å². The number of methoxy groups -OCH3 is 1. The van der Waals surface area contributed by atoms with E-state index in [-0.39, 0.29) is 12.4 Å². The van der Waals surface area contributed by atoms with Gasteiger partial charge in [0.05, 0.1) is 7.11 Å². The number of alkyl carbamates (subject to hydrolysis) is 1. The lowest BCUT2D eigenvalue weighted by Crippen LogP contribution is -2.46. The highest BCUT2D eigenvalue weighted by Crippen LogP contribution is 2.31. The molecule has 0 unspecified atom stereocenters. The van der Waals surface area contributed by atoms with Crippen molar-refractivity contribution in [3.05, 3.63) is 35.9 Å². The molecule has 2 atom stereocenters. The second kappa shape index (κ2) is 12.1. The van der Waals surface area contributed by atoms with Gasteiger partial charge in [-0.2, -0.15) is 0 Å². The number of amides is 1. The molecule has 0 heterocycles. The first kappa shape index (κ1) is 24.4. The smallest absolute Gasteiger partial charge is 0.408 e. The summed E-state index contributed by atoms with van der Waals surface area (Å²) < 4.78 is 9.73. The van der Waals surface area contributed by atoms with Crippen molar-refractivity contribution in [2.45, 2.75) is 70.1 Å². The molecule has 0 bridgehead atoms. The van der Waals surface area contributed by atoms with Crippen LogP contribution in [0.4, 0.5) is 4.79 Å². The van der Waals surface area contributed by atoms with Crippen LogP contribution in [0.1, 0.15) is 51.5 Å². The lowest BCUT2D eigenvalue weighted by molar-refractivity contribution is -0.141. The van der Waals surface area contributed by atoms with E-state index in [1.807, 2.05) is 37.3 Å². The number of ether oxygens (including phenoxy) is 2. The van der Waals surface area contributed by atoms with Crippen LogP contribution < -0.4 is 11.1 Å². The molecule has 4 N–H and O–H groups in total. The van der Waals surface area contributed by atoms with Crippen molar-refractivity contribution in [1.82, 2.24) is 5.32 Å². The fraction of sp³-hybridized carbons (Fsp3) is 0.571. The summed E-state index contributed by atoms with van der Waals surface area (Å²) in [5.41, 5.74) is 5.46. The van der Waals surface area contributed by atoms with Crippen LogP contribution in [-0.4, -0.2) is 47.9 Å². The van der Waals surface area contributed by atoms with Crippen molar-refractivity contribution in [3.63, 3.8) is 0 Å². The summed E-state index contributed by atoms with van der Waals surface area (Å²) in [6.45, 7) is 3.49. The summed E-state index contributed by atoms with van der Waals surface area (Å²) in [6, 6.07) is 7.75. The molecule has 1 aliphatic carbocycles. The number of rotatable bonds is 6. The predicted molar refractivity (Wildman–Crippen MR) is 108 cm³/mol. The molecule has 0 saturated heterocycles. The van der Waals surface area contributed by atoms with Crippen LogP contribution in [0.2, 0.25) is 0 Å². The summed E-state index contributed by atoms with van der Waals surface area (Å²) in [5.74, 6) is -1.44. The molecule has 0 radical (unpaired) electrons. The summed E-state index contributed by atoms with van der Waals surface area (Å²) >= 11 is 0. The molecule has 1 aromatic carbocycles. The van der Waals surface area contributed by atoms with Crippen LogP contribution in [0.25, 0.3) is 0 Å². The van der Waals surface area contributed by atoms with Crippen LogP contribution in [0.5, 0.6) is 0 Å². The van der Waals surface area contributed by atoms with Gasteiger partial charge in [0.2, 0.25) is 0 Å². The molecule has 1 fully saturated rings. The highest BCUT2D eigenvalue weighted by molar-refractivity contribution is 5.80. The van der Waals surface area contributed by atoms with Crippen molar-refractivity contribution in [1.29, 1.82) is 0 Å². The molecule has 8 nitrogen and oxygen atoms in total. The van der Waals surface area contributed by atoms with E-state index in [2.05, 4.69) is 10.1 Å². The lowest BCUT2D eigenvalue weighted by atomic mass is 9.86. The molecule has 1 aliphatic rings. The number of carbonyl (C=O) groups excluding carboxylic acids is 2. The second-order valence-electron chi connectivity index (χ2n) is 7.44. The number of hydrogen-bond donors (Lipinski definition) is 3. The van der Waals surface area contributed by atoms with E-state index in [4.69, 9.17) is 10.5 Å². The van der Waals surface area contributed by atoms with Crippen LogP contribution in [0, 0.1) is 0 Å². The quantitative estimate of drug-likeness (QED) is 0.617. The van der Waals surface area contributed by atoms with E-state index in [0.717, 1.165) is 37.7 Å². The van der Waals surface area contributed by atoms with E-state index in [1.165, 1.54) is 7.11 Å². The highest BCUT2D eigenvalue weighted by atomic mass is 16.6. The van der Waals surface area contributed by atoms with Gasteiger partial charge in [-0.1, -0.05) is 36.8 Å². The van der Waals surface area contributed by atoms with Crippen LogP contribution in [0.3, 0.4) is 0 Å². The largest absolute Gasteiger partial charge is 0.480 e. The minimum absolute atomic E-state index is 0.238. The van der Waals surface area contributed by atoms with E-state index in [9.17, 15) is 19.5 Å². The average molecular weight is 408 g/mol. The Labute approximate surface area is 171 Å². The molecule has 8 heteroatoms. The predicted octanol–water partition coefficient (Wildman–Crippen LogP) is 2.64. The third-order valence-corrected chi connectivity index (χ3v) is 4.70. The Balaban J connectivity index is 0.000000516. The van der Waals surface area contributed by atoms with Gasteiger partial charge < -0.3 is 25.6 Å². The minimum Gasteiger partial charge on any atom is -0.480 e. The Kier molecular flexibility index (Phi) is 10.2. The van der Waals surface area contributed by atoms with Gasteiger partial charge in [0.1, 0.15) is 17.7 Å². The van der Waals surface area contributed by atoms with Crippen molar-refractivity contribution in [3.8, 4) is 0 Å². The number of nitrogens with one attached hydrogen (secondary N) is 1. The molecule has 1 amide bonds. The topological polar surface area (TPSA) is 128 Å². The molecule has 0 aromatic heterocycles. The van der Waals surface area contributed by atoms with Gasteiger partial charge in [-0.05, 0) is 45.1 Å². The molecule has 0 aliphatic heterocycles. The van der Waals surface area contributed by atoms with E-state index in [0.29, 0.717) is 0 Å². The fourth-order valence-corrected chi connectivity index (χ4v) is 3.03. The Morgan fingerprint density at radius 1 is 1.17 bits per heavy atom. The van der Waals surface area contributed by atoms with Crippen molar-refractivity contribution < 1.29 is 29.0 Å². The summed E-state index contributed by atoms with van der Waals surface area (Å²) in [4.78, 5) is 33.5. The Morgan fingerprint density at radius 3 is 2.21 bits per heavy atom. The van der Waals surface area contributed by atoms with Gasteiger partial charge in [0.15, 0.2) is 0 Å². The molecule has 162 valence electrons. The minimum atomic E-state index is -1.06. The molecule has 0 spiro atoms. The molecule has 2 rings (SSSR count). The van der Waals surface area contributed by atoms with Gasteiger partial charge in [-0.25, -0.2) is 9.59 Å². The first-order valence-electron chi connectivity index (χ1n) is 9.76. The summed E-state index contributed by atoms with van der Waals surface area (Å²) in [7, 11) is 1.31. The Bertz CT molecular complexity index is 656. The van der Waals surface area contributed by atoms with Gasteiger partial charge in [0.25, 0.3) is 0 Å². The molecule has 29 heavy (non-hydrogen) atoms. The standard InChI is InChI=1S/C17H23NO4.C4H9NO2/c1-17(10-6-3-7-11-17)22-16(21)18-14(15(19)20)12-13-8-4-2-5-9-13;1-3(5)4(6)7-2/h2,4-5,8-9,14H,3,6-7,10-12H2,1H3,(H,18,21)(H,19,20);3H,5H2,1-2H3/t14-;3-/m00/s1. The number of nitrogens with two attached hydrogens (primary N) is 1. The number of carboxylic acids is 1. The SMILES string of the molecule is CC1(OC(=O)N[C@@H](Cc2ccccc2)C(=O)O)CCCCC1.COC(=O)[C@H](C)N. The first-order chi connectivity index (χ1) is 13.7. The van der Waals surface area contributed by atoms with Gasteiger partial charge in [-0.3, -0.25) is 4.79 Å². The summed E-state index contributed by atoms with van der Waals surface area (Å²) in [5, 5.41) is 11.8. The van der Waals surface area contributed by atoms with Crippen molar-refractivity contribution in [2.75, 3.05) is 7.11 Å². The maximum atomic E-state index is 12.0.